The van der Waals surface area contributed by atoms with Crippen molar-refractivity contribution in [2.24, 2.45) is 0 Å². The van der Waals surface area contributed by atoms with E-state index in [0.717, 1.165) is 0 Å². The van der Waals surface area contributed by atoms with Gasteiger partial charge in [-0.05, 0) is 42.5 Å². The largest absolute Gasteiger partial charge is 0.505 e. The molecule has 3 rings (SSSR count). The number of nitrogens with zero attached hydrogens (tertiary/aromatic N) is 2. The molecule has 140 valence electrons. The Morgan fingerprint density at radius 3 is 2.46 bits per heavy atom. The minimum Gasteiger partial charge on any atom is -0.505 e. The molecule has 3 aromatic rings. The number of carboxylic acids is 1. The van der Waals surface area contributed by atoms with Crippen molar-refractivity contribution >= 4 is 22.6 Å². The molecule has 9 heteroatoms. The first-order valence-electron chi connectivity index (χ1n) is 7.89. The standard InChI is InChI=1S/C19H12FN3O5/c20-10-1-3-11(4-2-10)28-12-5-6-13-14(7-12)15(8-21)23-17(18(13)26)19(27)22-9-16(24)25/h1-7,26H,9H2,(H,22,27)(H,24,25). The van der Waals surface area contributed by atoms with E-state index >= 15 is 0 Å². The van der Waals surface area contributed by atoms with E-state index in [-0.39, 0.29) is 16.5 Å². The first-order valence-corrected chi connectivity index (χ1v) is 7.89. The number of carboxylic acid groups (broad SMARTS) is 1. The number of nitriles is 1. The van der Waals surface area contributed by atoms with Gasteiger partial charge in [-0.15, -0.1) is 0 Å². The molecule has 0 atom stereocenters. The number of aromatic nitrogens is 1. The summed E-state index contributed by atoms with van der Waals surface area (Å²) in [5, 5.41) is 30.8. The van der Waals surface area contributed by atoms with Crippen LogP contribution in [0.25, 0.3) is 10.8 Å². The minimum atomic E-state index is -1.27. The number of fused-ring (bicyclic) bond motifs is 1. The second-order valence-electron chi connectivity index (χ2n) is 5.61. The highest BCUT2D eigenvalue weighted by Gasteiger charge is 2.20. The molecule has 0 fully saturated rings. The van der Waals surface area contributed by atoms with Crippen molar-refractivity contribution in [3.8, 4) is 23.3 Å². The van der Waals surface area contributed by atoms with Crippen LogP contribution in [0.3, 0.4) is 0 Å². The maximum absolute atomic E-state index is 13.0. The van der Waals surface area contributed by atoms with Crippen molar-refractivity contribution in [1.82, 2.24) is 10.3 Å². The number of halogens is 1. The summed E-state index contributed by atoms with van der Waals surface area (Å²) in [6.07, 6.45) is 0. The molecule has 1 amide bonds. The number of hydrogen-bond donors (Lipinski definition) is 3. The summed E-state index contributed by atoms with van der Waals surface area (Å²) in [7, 11) is 0. The molecule has 0 unspecified atom stereocenters. The second-order valence-corrected chi connectivity index (χ2v) is 5.61. The van der Waals surface area contributed by atoms with E-state index < -0.39 is 35.7 Å². The van der Waals surface area contributed by atoms with Gasteiger partial charge in [-0.2, -0.15) is 5.26 Å². The lowest BCUT2D eigenvalue weighted by Gasteiger charge is -2.11. The minimum absolute atomic E-state index is 0.155. The normalized spacial score (nSPS) is 10.3. The molecule has 0 aliphatic carbocycles. The molecule has 28 heavy (non-hydrogen) atoms. The summed E-state index contributed by atoms with van der Waals surface area (Å²) < 4.78 is 18.6. The number of nitrogens with one attached hydrogen (secondary N) is 1. The van der Waals surface area contributed by atoms with Crippen LogP contribution in [0.4, 0.5) is 4.39 Å². The maximum Gasteiger partial charge on any atom is 0.322 e. The maximum atomic E-state index is 13.0. The SMILES string of the molecule is N#Cc1nc(C(=O)NCC(=O)O)c(O)c2ccc(Oc3ccc(F)cc3)cc12. The second kappa shape index (κ2) is 7.59. The summed E-state index contributed by atoms with van der Waals surface area (Å²) in [5.41, 5.74) is -0.615. The number of rotatable bonds is 5. The van der Waals surface area contributed by atoms with Crippen LogP contribution < -0.4 is 10.1 Å². The number of pyridine rings is 1. The summed E-state index contributed by atoms with van der Waals surface area (Å²) in [5.74, 6) is -2.44. The molecular weight excluding hydrogens is 369 g/mol. The molecular formula is C19H12FN3O5. The lowest BCUT2D eigenvalue weighted by Crippen LogP contribution is -2.30. The van der Waals surface area contributed by atoms with E-state index in [9.17, 15) is 24.3 Å². The van der Waals surface area contributed by atoms with Crippen molar-refractivity contribution in [2.45, 2.75) is 0 Å². The molecule has 2 aromatic carbocycles. The summed E-state index contributed by atoms with van der Waals surface area (Å²) >= 11 is 0. The number of hydrogen-bond acceptors (Lipinski definition) is 6. The van der Waals surface area contributed by atoms with Gasteiger partial charge in [0.25, 0.3) is 5.91 Å². The third-order valence-electron chi connectivity index (χ3n) is 3.72. The molecule has 0 saturated carbocycles. The van der Waals surface area contributed by atoms with Gasteiger partial charge < -0.3 is 20.3 Å². The van der Waals surface area contributed by atoms with Gasteiger partial charge in [0.05, 0.1) is 0 Å². The smallest absolute Gasteiger partial charge is 0.322 e. The zero-order valence-electron chi connectivity index (χ0n) is 14.1. The van der Waals surface area contributed by atoms with Crippen molar-refractivity contribution in [3.05, 3.63) is 59.7 Å². The molecule has 0 radical (unpaired) electrons. The number of ether oxygens (including phenoxy) is 1. The van der Waals surface area contributed by atoms with Gasteiger partial charge in [0, 0.05) is 10.8 Å². The Bertz CT molecular complexity index is 1120. The third kappa shape index (κ3) is 3.81. The van der Waals surface area contributed by atoms with Crippen molar-refractivity contribution in [1.29, 1.82) is 5.26 Å². The molecule has 0 spiro atoms. The van der Waals surface area contributed by atoms with Crippen LogP contribution in [-0.4, -0.2) is 33.6 Å². The van der Waals surface area contributed by atoms with Crippen LogP contribution in [0.15, 0.2) is 42.5 Å². The topological polar surface area (TPSA) is 133 Å². The molecule has 0 aliphatic rings. The Morgan fingerprint density at radius 2 is 1.82 bits per heavy atom. The highest BCUT2D eigenvalue weighted by atomic mass is 19.1. The van der Waals surface area contributed by atoms with Gasteiger partial charge in [-0.1, -0.05) is 0 Å². The molecule has 1 aromatic heterocycles. The molecule has 3 N–H and O–H groups in total. The van der Waals surface area contributed by atoms with Crippen LogP contribution in [0.1, 0.15) is 16.2 Å². The molecule has 0 bridgehead atoms. The molecule has 8 nitrogen and oxygen atoms in total. The van der Waals surface area contributed by atoms with Crippen molar-refractivity contribution in [2.75, 3.05) is 6.54 Å². The van der Waals surface area contributed by atoms with Gasteiger partial charge >= 0.3 is 5.97 Å². The van der Waals surface area contributed by atoms with Gasteiger partial charge in [0.15, 0.2) is 11.4 Å². The summed E-state index contributed by atoms with van der Waals surface area (Å²) in [4.78, 5) is 26.5. The number of amides is 1. The number of benzene rings is 2. The lowest BCUT2D eigenvalue weighted by atomic mass is 10.1. The van der Waals surface area contributed by atoms with Crippen LogP contribution in [0, 0.1) is 17.1 Å². The fourth-order valence-electron chi connectivity index (χ4n) is 2.46. The molecule has 1 heterocycles. The summed E-state index contributed by atoms with van der Waals surface area (Å²) in [6.45, 7) is -0.662. The predicted octanol–water partition coefficient (Wildman–Crippen LogP) is 2.56. The predicted molar refractivity (Wildman–Crippen MR) is 94.6 cm³/mol. The van der Waals surface area contributed by atoms with Gasteiger partial charge in [-0.25, -0.2) is 9.37 Å². The van der Waals surface area contributed by atoms with E-state index in [1.165, 1.54) is 42.5 Å². The Labute approximate surface area is 157 Å². The first kappa shape index (κ1) is 18.6. The van der Waals surface area contributed by atoms with Crippen molar-refractivity contribution < 1.29 is 28.9 Å². The van der Waals surface area contributed by atoms with E-state index in [4.69, 9.17) is 9.84 Å². The lowest BCUT2D eigenvalue weighted by molar-refractivity contribution is -0.135. The van der Waals surface area contributed by atoms with Crippen LogP contribution in [0.5, 0.6) is 17.2 Å². The Kier molecular flexibility index (Phi) is 5.04. The summed E-state index contributed by atoms with van der Waals surface area (Å²) in [6, 6.07) is 11.5. The van der Waals surface area contributed by atoms with E-state index in [1.807, 2.05) is 6.07 Å². The number of carbonyl (C=O) groups excluding carboxylic acids is 1. The average Bonchev–Trinajstić information content (AvgIpc) is 2.68. The zero-order chi connectivity index (χ0) is 20.3. The number of aromatic hydroxyl groups is 1. The quantitative estimate of drug-likeness (QED) is 0.618. The number of aliphatic carboxylic acids is 1. The zero-order valence-corrected chi connectivity index (χ0v) is 14.1. The van der Waals surface area contributed by atoms with E-state index in [2.05, 4.69) is 10.3 Å². The Morgan fingerprint density at radius 1 is 1.14 bits per heavy atom. The van der Waals surface area contributed by atoms with Crippen LogP contribution >= 0.6 is 0 Å². The highest BCUT2D eigenvalue weighted by molar-refractivity contribution is 6.03. The van der Waals surface area contributed by atoms with Crippen LogP contribution in [0.2, 0.25) is 0 Å². The van der Waals surface area contributed by atoms with E-state index in [1.54, 1.807) is 0 Å². The monoisotopic (exact) mass is 381 g/mol. The Balaban J connectivity index is 2.00. The highest BCUT2D eigenvalue weighted by Crippen LogP contribution is 2.33. The van der Waals surface area contributed by atoms with E-state index in [0.29, 0.717) is 11.5 Å². The van der Waals surface area contributed by atoms with Crippen LogP contribution in [-0.2, 0) is 4.79 Å². The van der Waals surface area contributed by atoms with Gasteiger partial charge in [0.1, 0.15) is 35.6 Å². The van der Waals surface area contributed by atoms with Gasteiger partial charge in [0.2, 0.25) is 0 Å². The third-order valence-corrected chi connectivity index (χ3v) is 3.72. The Hall–Kier alpha value is -4.19. The molecule has 0 saturated heterocycles. The fraction of sp³-hybridized carbons (Fsp3) is 0.0526. The fourth-order valence-corrected chi connectivity index (χ4v) is 2.46. The van der Waals surface area contributed by atoms with Crippen molar-refractivity contribution in [3.63, 3.8) is 0 Å². The number of carbonyl (C=O) groups is 2. The van der Waals surface area contributed by atoms with Gasteiger partial charge in [-0.3, -0.25) is 9.59 Å². The first-order chi connectivity index (χ1) is 13.4. The average molecular weight is 381 g/mol. The molecule has 0 aliphatic heterocycles.